The Labute approximate surface area is 170 Å². The molecule has 0 aliphatic heterocycles. The summed E-state index contributed by atoms with van der Waals surface area (Å²) in [6.07, 6.45) is 2.55. The van der Waals surface area contributed by atoms with Crippen molar-refractivity contribution in [2.24, 2.45) is 7.05 Å². The molecule has 3 aromatic rings. The highest BCUT2D eigenvalue weighted by molar-refractivity contribution is 6.07. The molecule has 1 heterocycles. The van der Waals surface area contributed by atoms with E-state index in [1.165, 1.54) is 5.69 Å². The van der Waals surface area contributed by atoms with Gasteiger partial charge in [0.15, 0.2) is 0 Å². The zero-order chi connectivity index (χ0) is 20.6. The number of rotatable bonds is 7. The molecule has 0 unspecified atom stereocenters. The van der Waals surface area contributed by atoms with Gasteiger partial charge in [0.25, 0.3) is 5.91 Å². The number of hydrogen-bond donors (Lipinski definition) is 3. The van der Waals surface area contributed by atoms with E-state index in [9.17, 15) is 9.59 Å². The van der Waals surface area contributed by atoms with Gasteiger partial charge in [-0.15, -0.1) is 0 Å². The number of hydrazine groups is 1. The maximum absolute atomic E-state index is 12.4. The Morgan fingerprint density at radius 1 is 1.00 bits per heavy atom. The summed E-state index contributed by atoms with van der Waals surface area (Å²) in [5, 5.41) is 3.61. The Morgan fingerprint density at radius 2 is 1.72 bits per heavy atom. The molecule has 0 fully saturated rings. The fourth-order valence-electron chi connectivity index (χ4n) is 3.33. The van der Waals surface area contributed by atoms with Crippen LogP contribution in [0.4, 0.5) is 10.5 Å². The van der Waals surface area contributed by atoms with Crippen LogP contribution in [0.1, 0.15) is 23.7 Å². The number of carbonyl (C=O) groups excluding carboxylic acids is 2. The van der Waals surface area contributed by atoms with E-state index in [1.54, 1.807) is 6.20 Å². The van der Waals surface area contributed by atoms with E-state index in [4.69, 9.17) is 0 Å². The highest BCUT2D eigenvalue weighted by Crippen LogP contribution is 2.19. The zero-order valence-corrected chi connectivity index (χ0v) is 16.8. The van der Waals surface area contributed by atoms with Crippen LogP contribution in [0, 0.1) is 0 Å². The van der Waals surface area contributed by atoms with Gasteiger partial charge in [-0.25, -0.2) is 10.2 Å². The smallest absolute Gasteiger partial charge is 0.333 e. The van der Waals surface area contributed by atoms with Crippen LogP contribution in [0.2, 0.25) is 0 Å². The molecule has 0 bridgehead atoms. The number of aromatic nitrogens is 1. The molecule has 29 heavy (non-hydrogen) atoms. The monoisotopic (exact) mass is 393 g/mol. The van der Waals surface area contributed by atoms with Crippen LogP contribution < -0.4 is 21.1 Å². The first-order valence-corrected chi connectivity index (χ1v) is 9.78. The average Bonchev–Trinajstić information content (AvgIpc) is 3.09. The van der Waals surface area contributed by atoms with Crippen LogP contribution in [0.25, 0.3) is 10.9 Å². The fourth-order valence-corrected chi connectivity index (χ4v) is 3.33. The van der Waals surface area contributed by atoms with Gasteiger partial charge in [0.05, 0.1) is 5.56 Å². The van der Waals surface area contributed by atoms with Crippen molar-refractivity contribution >= 4 is 28.5 Å². The van der Waals surface area contributed by atoms with E-state index in [0.717, 1.165) is 30.4 Å². The first kappa shape index (κ1) is 20.3. The van der Waals surface area contributed by atoms with Crippen molar-refractivity contribution in [1.29, 1.82) is 0 Å². The van der Waals surface area contributed by atoms with Crippen molar-refractivity contribution in [1.82, 2.24) is 20.7 Å². The number of carbonyl (C=O) groups is 2. The minimum Gasteiger partial charge on any atom is -0.372 e. The molecule has 0 aliphatic rings. The predicted octanol–water partition coefficient (Wildman–Crippen LogP) is 3.04. The second-order valence-corrected chi connectivity index (χ2v) is 6.77. The molecule has 0 saturated heterocycles. The molecule has 3 rings (SSSR count). The van der Waals surface area contributed by atoms with Gasteiger partial charge in [0.1, 0.15) is 0 Å². The predicted molar refractivity (Wildman–Crippen MR) is 116 cm³/mol. The van der Waals surface area contributed by atoms with Crippen LogP contribution in [0.5, 0.6) is 0 Å². The molecule has 7 heteroatoms. The lowest BCUT2D eigenvalue weighted by Gasteiger charge is -2.23. The molecule has 0 spiro atoms. The molecule has 152 valence electrons. The third-order valence-corrected chi connectivity index (χ3v) is 4.82. The minimum absolute atomic E-state index is 0.349. The molecular formula is C22H27N5O2. The SMILES string of the molecule is CCN(CCCNC(=O)NNC(=O)c1cn(C)c2ccccc12)c1ccccc1. The zero-order valence-electron chi connectivity index (χ0n) is 16.8. The summed E-state index contributed by atoms with van der Waals surface area (Å²) in [5.74, 6) is -0.349. The summed E-state index contributed by atoms with van der Waals surface area (Å²) in [5.41, 5.74) is 7.53. The summed E-state index contributed by atoms with van der Waals surface area (Å²) in [6, 6.07) is 17.4. The number of aryl methyl sites for hydroxylation is 1. The summed E-state index contributed by atoms with van der Waals surface area (Å²) in [6.45, 7) is 4.36. The van der Waals surface area contributed by atoms with Gasteiger partial charge < -0.3 is 14.8 Å². The van der Waals surface area contributed by atoms with Crippen LogP contribution >= 0.6 is 0 Å². The standard InChI is InChI=1S/C22H27N5O2/c1-3-27(17-10-5-4-6-11-17)15-9-14-23-22(29)25-24-21(28)19-16-26(2)20-13-8-7-12-18(19)20/h4-8,10-13,16H,3,9,14-15H2,1-2H3,(H,24,28)(H2,23,25,29). The van der Waals surface area contributed by atoms with Crippen molar-refractivity contribution < 1.29 is 9.59 Å². The molecule has 7 nitrogen and oxygen atoms in total. The number of benzene rings is 2. The summed E-state index contributed by atoms with van der Waals surface area (Å²) in [4.78, 5) is 26.6. The van der Waals surface area contributed by atoms with Crippen molar-refractivity contribution in [3.8, 4) is 0 Å². The van der Waals surface area contributed by atoms with Gasteiger partial charge in [-0.2, -0.15) is 0 Å². The lowest BCUT2D eigenvalue weighted by molar-refractivity contribution is 0.0937. The lowest BCUT2D eigenvalue weighted by Crippen LogP contribution is -2.47. The van der Waals surface area contributed by atoms with E-state index >= 15 is 0 Å². The van der Waals surface area contributed by atoms with E-state index in [-0.39, 0.29) is 5.91 Å². The number of amides is 3. The number of urea groups is 1. The average molecular weight is 393 g/mol. The second kappa shape index (κ2) is 9.64. The van der Waals surface area contributed by atoms with Crippen molar-refractivity contribution in [3.05, 3.63) is 66.4 Å². The van der Waals surface area contributed by atoms with E-state index in [2.05, 4.69) is 40.1 Å². The number of anilines is 1. The molecule has 0 aliphatic carbocycles. The van der Waals surface area contributed by atoms with E-state index in [1.807, 2.05) is 54.1 Å². The Bertz CT molecular complexity index is 968. The van der Waals surface area contributed by atoms with Crippen molar-refractivity contribution in [2.45, 2.75) is 13.3 Å². The molecule has 3 amide bonds. The van der Waals surface area contributed by atoms with E-state index in [0.29, 0.717) is 12.1 Å². The quantitative estimate of drug-likeness (QED) is 0.426. The van der Waals surface area contributed by atoms with Crippen LogP contribution in [-0.2, 0) is 7.05 Å². The maximum Gasteiger partial charge on any atom is 0.333 e. The van der Waals surface area contributed by atoms with Crippen molar-refractivity contribution in [2.75, 3.05) is 24.5 Å². The molecular weight excluding hydrogens is 366 g/mol. The normalized spacial score (nSPS) is 10.6. The van der Waals surface area contributed by atoms with Gasteiger partial charge >= 0.3 is 6.03 Å². The van der Waals surface area contributed by atoms with Gasteiger partial charge in [0.2, 0.25) is 0 Å². The number of nitrogens with one attached hydrogen (secondary N) is 3. The third-order valence-electron chi connectivity index (χ3n) is 4.82. The van der Waals surface area contributed by atoms with Crippen LogP contribution in [-0.4, -0.2) is 36.1 Å². The lowest BCUT2D eigenvalue weighted by atomic mass is 10.2. The largest absolute Gasteiger partial charge is 0.372 e. The number of fused-ring (bicyclic) bond motifs is 1. The van der Waals surface area contributed by atoms with E-state index < -0.39 is 6.03 Å². The Morgan fingerprint density at radius 3 is 2.48 bits per heavy atom. The highest BCUT2D eigenvalue weighted by Gasteiger charge is 2.14. The first-order valence-electron chi connectivity index (χ1n) is 9.78. The first-order chi connectivity index (χ1) is 14.1. The topological polar surface area (TPSA) is 78.4 Å². The second-order valence-electron chi connectivity index (χ2n) is 6.77. The minimum atomic E-state index is -0.429. The fraction of sp³-hybridized carbons (Fsp3) is 0.273. The van der Waals surface area contributed by atoms with Gasteiger partial charge in [-0.05, 0) is 31.5 Å². The third kappa shape index (κ3) is 5.07. The molecule has 2 aromatic carbocycles. The Kier molecular flexibility index (Phi) is 6.73. The molecule has 1 aromatic heterocycles. The molecule has 0 atom stereocenters. The maximum atomic E-state index is 12.4. The number of hydrogen-bond acceptors (Lipinski definition) is 3. The molecule has 0 radical (unpaired) electrons. The Hall–Kier alpha value is -3.48. The number of nitrogens with zero attached hydrogens (tertiary/aromatic N) is 2. The highest BCUT2D eigenvalue weighted by atomic mass is 16.2. The van der Waals surface area contributed by atoms with Crippen LogP contribution in [0.3, 0.4) is 0 Å². The van der Waals surface area contributed by atoms with Gasteiger partial charge in [-0.3, -0.25) is 10.2 Å². The molecule has 0 saturated carbocycles. The van der Waals surface area contributed by atoms with Crippen LogP contribution in [0.15, 0.2) is 60.8 Å². The molecule has 3 N–H and O–H groups in total. The summed E-state index contributed by atoms with van der Waals surface area (Å²) >= 11 is 0. The summed E-state index contributed by atoms with van der Waals surface area (Å²) < 4.78 is 1.89. The van der Waals surface area contributed by atoms with Gasteiger partial charge in [-0.1, -0.05) is 36.4 Å². The Balaban J connectivity index is 1.42. The summed E-state index contributed by atoms with van der Waals surface area (Å²) in [7, 11) is 1.88. The van der Waals surface area contributed by atoms with Gasteiger partial charge in [0, 0.05) is 49.5 Å². The number of para-hydroxylation sites is 2. The van der Waals surface area contributed by atoms with Crippen molar-refractivity contribution in [3.63, 3.8) is 0 Å².